The topological polar surface area (TPSA) is 90.2 Å². The molecule has 3 rings (SSSR count). The van der Waals surface area contributed by atoms with Crippen LogP contribution in [0.5, 0.6) is 0 Å². The molecule has 24 heavy (non-hydrogen) atoms. The summed E-state index contributed by atoms with van der Waals surface area (Å²) in [4.78, 5) is 24.7. The molecular weight excluding hydrogens is 351 g/mol. The van der Waals surface area contributed by atoms with Crippen molar-refractivity contribution in [2.24, 2.45) is 0 Å². The number of hydrogen-bond acceptors (Lipinski definition) is 4. The average Bonchev–Trinajstić information content (AvgIpc) is 2.83. The van der Waals surface area contributed by atoms with E-state index < -0.39 is 23.7 Å². The minimum Gasteiger partial charge on any atom is -0.375 e. The second-order valence-corrected chi connectivity index (χ2v) is 6.20. The van der Waals surface area contributed by atoms with Crippen LogP contribution in [0.3, 0.4) is 0 Å². The maximum atomic E-state index is 12.5. The highest BCUT2D eigenvalue weighted by molar-refractivity contribution is 6.38. The Balaban J connectivity index is 1.98. The molecular formula is C17H10Cl2N2O3. The molecule has 2 aromatic rings. The summed E-state index contributed by atoms with van der Waals surface area (Å²) >= 11 is 12.1. The SMILES string of the molecule is N#Cc1ccc(C(=O)CC2(O)C(=O)Nc3c(Cl)ccc(Cl)c32)cc1. The molecule has 1 unspecified atom stereocenters. The number of nitrogens with zero attached hydrogens (tertiary/aromatic N) is 1. The van der Waals surface area contributed by atoms with Crippen molar-refractivity contribution in [2.45, 2.75) is 12.0 Å². The normalized spacial score (nSPS) is 18.7. The zero-order valence-electron chi connectivity index (χ0n) is 12.1. The van der Waals surface area contributed by atoms with Crippen LogP contribution in [0, 0.1) is 11.3 Å². The van der Waals surface area contributed by atoms with Crippen LogP contribution < -0.4 is 5.32 Å². The summed E-state index contributed by atoms with van der Waals surface area (Å²) in [7, 11) is 0. The van der Waals surface area contributed by atoms with Crippen LogP contribution >= 0.6 is 23.2 Å². The fourth-order valence-corrected chi connectivity index (χ4v) is 3.16. The van der Waals surface area contributed by atoms with E-state index in [1.54, 1.807) is 0 Å². The van der Waals surface area contributed by atoms with E-state index in [9.17, 15) is 14.7 Å². The number of carbonyl (C=O) groups is 2. The van der Waals surface area contributed by atoms with E-state index >= 15 is 0 Å². The lowest BCUT2D eigenvalue weighted by Gasteiger charge is -2.21. The Morgan fingerprint density at radius 3 is 2.42 bits per heavy atom. The van der Waals surface area contributed by atoms with Gasteiger partial charge in [0.25, 0.3) is 5.91 Å². The number of nitriles is 1. The standard InChI is InChI=1S/C17H10Cl2N2O3/c18-11-5-6-12(19)15-14(11)17(24,16(23)21-15)7-13(22)10-3-1-9(8-20)2-4-10/h1-6,24H,7H2,(H,21,23). The maximum Gasteiger partial charge on any atom is 0.261 e. The molecule has 0 saturated carbocycles. The second-order valence-electron chi connectivity index (χ2n) is 5.38. The first kappa shape index (κ1) is 16.5. The number of rotatable bonds is 3. The quantitative estimate of drug-likeness (QED) is 0.821. The maximum absolute atomic E-state index is 12.5. The Morgan fingerprint density at radius 2 is 1.79 bits per heavy atom. The predicted molar refractivity (Wildman–Crippen MR) is 89.1 cm³/mol. The molecule has 0 spiro atoms. The van der Waals surface area contributed by atoms with Crippen molar-refractivity contribution in [2.75, 3.05) is 5.32 Å². The van der Waals surface area contributed by atoms with Gasteiger partial charge in [-0.3, -0.25) is 9.59 Å². The van der Waals surface area contributed by atoms with E-state index in [0.29, 0.717) is 5.56 Å². The van der Waals surface area contributed by atoms with Gasteiger partial charge in [0.15, 0.2) is 11.4 Å². The zero-order valence-corrected chi connectivity index (χ0v) is 13.6. The number of nitrogens with one attached hydrogen (secondary N) is 1. The lowest BCUT2D eigenvalue weighted by molar-refractivity contribution is -0.133. The highest BCUT2D eigenvalue weighted by Gasteiger charge is 2.49. The van der Waals surface area contributed by atoms with Gasteiger partial charge in [0.05, 0.1) is 28.8 Å². The third kappa shape index (κ3) is 2.55. The van der Waals surface area contributed by atoms with Gasteiger partial charge in [0.1, 0.15) is 0 Å². The molecule has 0 fully saturated rings. The van der Waals surface area contributed by atoms with E-state index in [1.165, 1.54) is 36.4 Å². The van der Waals surface area contributed by atoms with Crippen molar-refractivity contribution in [3.05, 3.63) is 63.1 Å². The van der Waals surface area contributed by atoms with Crippen LogP contribution in [0.1, 0.15) is 27.9 Å². The number of amides is 1. The highest BCUT2D eigenvalue weighted by atomic mass is 35.5. The molecule has 1 aliphatic heterocycles. The molecule has 2 N–H and O–H groups in total. The molecule has 1 heterocycles. The molecule has 1 amide bonds. The molecule has 1 aliphatic rings. The van der Waals surface area contributed by atoms with Gasteiger partial charge < -0.3 is 10.4 Å². The van der Waals surface area contributed by atoms with E-state index in [1.807, 2.05) is 6.07 Å². The van der Waals surface area contributed by atoms with Gasteiger partial charge in [-0.1, -0.05) is 35.3 Å². The van der Waals surface area contributed by atoms with Gasteiger partial charge >= 0.3 is 0 Å². The van der Waals surface area contributed by atoms with Crippen molar-refractivity contribution >= 4 is 40.6 Å². The zero-order chi connectivity index (χ0) is 17.5. The van der Waals surface area contributed by atoms with Gasteiger partial charge in [-0.05, 0) is 24.3 Å². The van der Waals surface area contributed by atoms with Crippen LogP contribution in [0.4, 0.5) is 5.69 Å². The van der Waals surface area contributed by atoms with Crippen molar-refractivity contribution in [1.82, 2.24) is 0 Å². The summed E-state index contributed by atoms with van der Waals surface area (Å²) in [5, 5.41) is 22.4. The Bertz CT molecular complexity index is 903. The van der Waals surface area contributed by atoms with Crippen molar-refractivity contribution < 1.29 is 14.7 Å². The number of ketones is 1. The highest BCUT2D eigenvalue weighted by Crippen LogP contribution is 2.46. The molecule has 0 radical (unpaired) electrons. The lowest BCUT2D eigenvalue weighted by Crippen LogP contribution is -2.36. The summed E-state index contributed by atoms with van der Waals surface area (Å²) in [5.74, 6) is -1.21. The molecule has 120 valence electrons. The van der Waals surface area contributed by atoms with Gasteiger partial charge in [-0.15, -0.1) is 0 Å². The van der Waals surface area contributed by atoms with Gasteiger partial charge in [0, 0.05) is 16.1 Å². The fraction of sp³-hybridized carbons (Fsp3) is 0.118. The molecule has 0 saturated heterocycles. The molecule has 5 nitrogen and oxygen atoms in total. The van der Waals surface area contributed by atoms with Crippen molar-refractivity contribution in [3.8, 4) is 6.07 Å². The molecule has 0 bridgehead atoms. The lowest BCUT2D eigenvalue weighted by atomic mass is 9.88. The predicted octanol–water partition coefficient (Wildman–Crippen LogP) is 3.28. The Morgan fingerprint density at radius 1 is 1.17 bits per heavy atom. The number of carbonyl (C=O) groups excluding carboxylic acids is 2. The number of aliphatic hydroxyl groups is 1. The molecule has 0 aromatic heterocycles. The van der Waals surface area contributed by atoms with Crippen molar-refractivity contribution in [1.29, 1.82) is 5.26 Å². The second kappa shape index (κ2) is 5.91. The first-order valence-electron chi connectivity index (χ1n) is 6.92. The number of Topliss-reactive ketones (excluding diaryl/α,β-unsaturated/α-hetero) is 1. The van der Waals surface area contributed by atoms with Gasteiger partial charge in [-0.2, -0.15) is 5.26 Å². The Labute approximate surface area is 147 Å². The summed E-state index contributed by atoms with van der Waals surface area (Å²) in [6.07, 6.45) is -0.488. The largest absolute Gasteiger partial charge is 0.375 e. The molecule has 1 atom stereocenters. The molecule has 7 heteroatoms. The number of benzene rings is 2. The minimum absolute atomic E-state index is 0.101. The Hall–Kier alpha value is -2.39. The monoisotopic (exact) mass is 360 g/mol. The molecule has 2 aromatic carbocycles. The number of halogens is 2. The first-order chi connectivity index (χ1) is 11.4. The summed E-state index contributed by atoms with van der Waals surface area (Å²) < 4.78 is 0. The number of anilines is 1. The number of fused-ring (bicyclic) bond motifs is 1. The summed E-state index contributed by atoms with van der Waals surface area (Å²) in [5.41, 5.74) is -1.10. The van der Waals surface area contributed by atoms with Crippen LogP contribution in [0.2, 0.25) is 10.0 Å². The summed E-state index contributed by atoms with van der Waals surface area (Å²) in [6, 6.07) is 10.8. The van der Waals surface area contributed by atoms with Crippen LogP contribution in [-0.4, -0.2) is 16.8 Å². The molecule has 0 aliphatic carbocycles. The van der Waals surface area contributed by atoms with Crippen LogP contribution in [0.15, 0.2) is 36.4 Å². The summed E-state index contributed by atoms with van der Waals surface area (Å²) in [6.45, 7) is 0. The van der Waals surface area contributed by atoms with Gasteiger partial charge in [-0.25, -0.2) is 0 Å². The smallest absolute Gasteiger partial charge is 0.261 e. The third-order valence-electron chi connectivity index (χ3n) is 3.88. The minimum atomic E-state index is -2.09. The van der Waals surface area contributed by atoms with Crippen LogP contribution in [0.25, 0.3) is 0 Å². The fourth-order valence-electron chi connectivity index (χ4n) is 2.64. The van der Waals surface area contributed by atoms with Crippen LogP contribution in [-0.2, 0) is 10.4 Å². The van der Waals surface area contributed by atoms with E-state index in [-0.39, 0.29) is 26.9 Å². The van der Waals surface area contributed by atoms with E-state index in [2.05, 4.69) is 5.32 Å². The Kier molecular flexibility index (Phi) is 4.06. The van der Waals surface area contributed by atoms with Crippen molar-refractivity contribution in [3.63, 3.8) is 0 Å². The van der Waals surface area contributed by atoms with Gasteiger partial charge in [0.2, 0.25) is 0 Å². The van der Waals surface area contributed by atoms with E-state index in [4.69, 9.17) is 28.5 Å². The number of hydrogen-bond donors (Lipinski definition) is 2. The average molecular weight is 361 g/mol. The van der Waals surface area contributed by atoms with E-state index in [0.717, 1.165) is 0 Å². The third-order valence-corrected chi connectivity index (χ3v) is 4.51. The first-order valence-corrected chi connectivity index (χ1v) is 7.68.